The maximum Gasteiger partial charge on any atom is 0.419 e. The highest BCUT2D eigenvalue weighted by Gasteiger charge is 2.55. The van der Waals surface area contributed by atoms with Gasteiger partial charge in [-0.25, -0.2) is 8.78 Å². The Bertz CT molecular complexity index is 2020. The molecule has 13 heteroatoms. The predicted molar refractivity (Wildman–Crippen MR) is 191 cm³/mol. The minimum Gasteiger partial charge on any atom is -0.326 e. The SMILES string of the molecule is CC(N)(c1ccc(-c2ccccc2)cc1)C(N)C(c1ccc(Cl)c(C(F)(F)F)c1)(C(N)Cc1ccc(F)cc1)C(N)Cc1ccc(F)c(C(F)(F)F)c1. The van der Waals surface area contributed by atoms with E-state index in [1.54, 1.807) is 31.2 Å². The summed E-state index contributed by atoms with van der Waals surface area (Å²) in [6.07, 6.45) is -10.6. The van der Waals surface area contributed by atoms with E-state index < -0.39 is 75.6 Å². The summed E-state index contributed by atoms with van der Waals surface area (Å²) in [5.74, 6) is -2.08. The van der Waals surface area contributed by atoms with Crippen molar-refractivity contribution in [3.8, 4) is 11.1 Å². The molecule has 5 unspecified atom stereocenters. The van der Waals surface area contributed by atoms with E-state index in [2.05, 4.69) is 0 Å². The Balaban J connectivity index is 1.75. The van der Waals surface area contributed by atoms with Gasteiger partial charge in [0.05, 0.1) is 21.7 Å². The van der Waals surface area contributed by atoms with Crippen LogP contribution >= 0.6 is 11.6 Å². The van der Waals surface area contributed by atoms with E-state index in [0.29, 0.717) is 23.3 Å². The molecule has 0 saturated heterocycles. The van der Waals surface area contributed by atoms with Crippen LogP contribution in [0.25, 0.3) is 11.1 Å². The van der Waals surface area contributed by atoms with Crippen LogP contribution in [0.5, 0.6) is 0 Å². The largest absolute Gasteiger partial charge is 0.419 e. The van der Waals surface area contributed by atoms with Crippen molar-refractivity contribution in [3.05, 3.63) is 165 Å². The minimum atomic E-state index is -5.06. The fourth-order valence-corrected chi connectivity index (χ4v) is 7.29. The van der Waals surface area contributed by atoms with Crippen LogP contribution < -0.4 is 22.9 Å². The lowest BCUT2D eigenvalue weighted by Gasteiger charge is -2.53. The van der Waals surface area contributed by atoms with Gasteiger partial charge in [0.1, 0.15) is 11.6 Å². The summed E-state index contributed by atoms with van der Waals surface area (Å²) >= 11 is 6.05. The zero-order valence-electron chi connectivity index (χ0n) is 28.3. The molecule has 0 amide bonds. The molecular formula is C40H37ClF8N4. The molecule has 4 nitrogen and oxygen atoms in total. The molecule has 5 rings (SSSR count). The lowest BCUT2D eigenvalue weighted by atomic mass is 9.57. The van der Waals surface area contributed by atoms with Gasteiger partial charge in [-0.3, -0.25) is 0 Å². The van der Waals surface area contributed by atoms with Crippen molar-refractivity contribution in [3.63, 3.8) is 0 Å². The highest BCUT2D eigenvalue weighted by atomic mass is 35.5. The summed E-state index contributed by atoms with van der Waals surface area (Å²) < 4.78 is 113. The first-order valence-corrected chi connectivity index (χ1v) is 16.8. The van der Waals surface area contributed by atoms with E-state index in [1.165, 1.54) is 30.3 Å². The Morgan fingerprint density at radius 1 is 0.585 bits per heavy atom. The first kappa shape index (κ1) is 39.9. The van der Waals surface area contributed by atoms with Gasteiger partial charge in [0, 0.05) is 23.5 Å². The maximum atomic E-state index is 14.4. The Hall–Kier alpha value is -4.33. The van der Waals surface area contributed by atoms with E-state index in [9.17, 15) is 35.1 Å². The quantitative estimate of drug-likeness (QED) is 0.101. The maximum absolute atomic E-state index is 14.4. The van der Waals surface area contributed by atoms with Gasteiger partial charge in [0.25, 0.3) is 0 Å². The van der Waals surface area contributed by atoms with Crippen molar-refractivity contribution in [1.29, 1.82) is 0 Å². The normalized spacial score (nSPS) is 16.3. The molecule has 5 atom stereocenters. The fourth-order valence-electron chi connectivity index (χ4n) is 7.07. The first-order valence-electron chi connectivity index (χ1n) is 16.4. The third kappa shape index (κ3) is 8.27. The summed E-state index contributed by atoms with van der Waals surface area (Å²) in [5.41, 5.74) is 24.4. The van der Waals surface area contributed by atoms with Crippen molar-refractivity contribution >= 4 is 11.6 Å². The zero-order valence-corrected chi connectivity index (χ0v) is 29.1. The van der Waals surface area contributed by atoms with E-state index in [0.717, 1.165) is 29.3 Å². The highest BCUT2D eigenvalue weighted by Crippen LogP contribution is 2.45. The van der Waals surface area contributed by atoms with Gasteiger partial charge in [0.2, 0.25) is 0 Å². The Morgan fingerprint density at radius 2 is 1.09 bits per heavy atom. The second-order valence-corrected chi connectivity index (χ2v) is 13.8. The van der Waals surface area contributed by atoms with Crippen molar-refractivity contribution in [2.24, 2.45) is 22.9 Å². The topological polar surface area (TPSA) is 104 Å². The van der Waals surface area contributed by atoms with Crippen LogP contribution in [0.4, 0.5) is 35.1 Å². The van der Waals surface area contributed by atoms with Gasteiger partial charge >= 0.3 is 12.4 Å². The van der Waals surface area contributed by atoms with Gasteiger partial charge in [0.15, 0.2) is 0 Å². The predicted octanol–water partition coefficient (Wildman–Crippen LogP) is 8.90. The highest BCUT2D eigenvalue weighted by molar-refractivity contribution is 6.31. The summed E-state index contributed by atoms with van der Waals surface area (Å²) in [4.78, 5) is 0. The van der Waals surface area contributed by atoms with E-state index in [-0.39, 0.29) is 17.5 Å². The summed E-state index contributed by atoms with van der Waals surface area (Å²) in [7, 11) is 0. The standard InChI is InChI=1S/C40H37ClF8N4/c1-37(53,27-12-10-26(11-13-27)25-5-3-2-4-6-25)36(52)38(34(50)20-23-7-15-29(42)16-8-23,28-14-17-32(41)30(22-28)39(44,45)46)35(51)21-24-9-18-33(43)31(19-24)40(47,48)49/h2-19,22,34-36H,20-21,50-53H2,1H3. The molecule has 0 spiro atoms. The van der Waals surface area contributed by atoms with Crippen molar-refractivity contribution < 1.29 is 35.1 Å². The molecule has 0 bridgehead atoms. The Kier molecular flexibility index (Phi) is 11.4. The number of alkyl halides is 6. The summed E-state index contributed by atoms with van der Waals surface area (Å²) in [5, 5.41) is -0.634. The first-order chi connectivity index (χ1) is 24.8. The number of halogens is 9. The second kappa shape index (κ2) is 15.2. The fraction of sp³-hybridized carbons (Fsp3) is 0.250. The van der Waals surface area contributed by atoms with Gasteiger partial charge in [-0.1, -0.05) is 90.5 Å². The number of nitrogens with two attached hydrogens (primary N) is 4. The third-order valence-corrected chi connectivity index (χ3v) is 10.3. The number of hydrogen-bond acceptors (Lipinski definition) is 4. The van der Waals surface area contributed by atoms with Crippen molar-refractivity contribution in [2.45, 2.75) is 61.2 Å². The van der Waals surface area contributed by atoms with E-state index >= 15 is 0 Å². The average molecular weight is 761 g/mol. The van der Waals surface area contributed by atoms with Gasteiger partial charge < -0.3 is 22.9 Å². The third-order valence-electron chi connectivity index (χ3n) is 9.93. The number of benzene rings is 5. The number of hydrogen-bond donors (Lipinski definition) is 4. The molecule has 5 aromatic rings. The second-order valence-electron chi connectivity index (χ2n) is 13.4. The molecule has 0 heterocycles. The minimum absolute atomic E-state index is 0.0901. The average Bonchev–Trinajstić information content (AvgIpc) is 3.10. The molecule has 0 aromatic heterocycles. The molecule has 0 saturated carbocycles. The summed E-state index contributed by atoms with van der Waals surface area (Å²) in [6, 6.07) is 22.8. The van der Waals surface area contributed by atoms with Crippen LogP contribution in [0.15, 0.2) is 115 Å². The smallest absolute Gasteiger partial charge is 0.326 e. The molecule has 0 aliphatic rings. The summed E-state index contributed by atoms with van der Waals surface area (Å²) in [6.45, 7) is 1.56. The molecule has 0 radical (unpaired) electrons. The van der Waals surface area contributed by atoms with Crippen LogP contribution in [0.2, 0.25) is 5.02 Å². The number of rotatable bonds is 11. The monoisotopic (exact) mass is 760 g/mol. The van der Waals surface area contributed by atoms with Crippen LogP contribution in [0.3, 0.4) is 0 Å². The molecule has 53 heavy (non-hydrogen) atoms. The molecule has 0 fully saturated rings. The molecule has 5 aromatic carbocycles. The van der Waals surface area contributed by atoms with Crippen LogP contribution in [0, 0.1) is 11.6 Å². The van der Waals surface area contributed by atoms with Crippen molar-refractivity contribution in [2.75, 3.05) is 0 Å². The molecule has 0 aliphatic carbocycles. The molecular weight excluding hydrogens is 724 g/mol. The van der Waals surface area contributed by atoms with Crippen LogP contribution in [-0.4, -0.2) is 18.1 Å². The van der Waals surface area contributed by atoms with E-state index in [1.807, 2.05) is 30.3 Å². The Labute approximate surface area is 306 Å². The van der Waals surface area contributed by atoms with Gasteiger partial charge in [-0.05, 0) is 89.5 Å². The van der Waals surface area contributed by atoms with Gasteiger partial charge in [-0.15, -0.1) is 0 Å². The lowest BCUT2D eigenvalue weighted by molar-refractivity contribution is -0.140. The van der Waals surface area contributed by atoms with Gasteiger partial charge in [-0.2, -0.15) is 26.3 Å². The van der Waals surface area contributed by atoms with Crippen molar-refractivity contribution in [1.82, 2.24) is 0 Å². The van der Waals surface area contributed by atoms with Crippen LogP contribution in [0.1, 0.15) is 40.3 Å². The molecule has 280 valence electrons. The van der Waals surface area contributed by atoms with E-state index in [4.69, 9.17) is 34.5 Å². The lowest BCUT2D eigenvalue weighted by Crippen LogP contribution is -2.73. The van der Waals surface area contributed by atoms with Crippen LogP contribution in [-0.2, 0) is 36.1 Å². The molecule has 0 aliphatic heterocycles. The Morgan fingerprint density at radius 3 is 1.66 bits per heavy atom. The zero-order chi connectivity index (χ0) is 38.9. The molecule has 8 N–H and O–H groups in total.